The summed E-state index contributed by atoms with van der Waals surface area (Å²) < 4.78 is 26.2. The van der Waals surface area contributed by atoms with Crippen LogP contribution in [0.3, 0.4) is 0 Å². The summed E-state index contributed by atoms with van der Waals surface area (Å²) in [7, 11) is 0. The van der Waals surface area contributed by atoms with E-state index in [0.29, 0.717) is 11.1 Å². The van der Waals surface area contributed by atoms with Crippen molar-refractivity contribution in [2.45, 2.75) is 23.6 Å². The Morgan fingerprint density at radius 3 is 2.39 bits per heavy atom. The summed E-state index contributed by atoms with van der Waals surface area (Å²) in [5.41, 5.74) is 1.31. The molecule has 1 fully saturated rings. The maximum Gasteiger partial charge on any atom is 0.333 e. The molecule has 0 bridgehead atoms. The van der Waals surface area contributed by atoms with Crippen LogP contribution >= 0.6 is 15.9 Å². The van der Waals surface area contributed by atoms with E-state index in [1.165, 1.54) is 6.07 Å². The largest absolute Gasteiger partial charge is 0.481 e. The van der Waals surface area contributed by atoms with Gasteiger partial charge in [0, 0.05) is 11.1 Å². The van der Waals surface area contributed by atoms with Crippen LogP contribution in [-0.4, -0.2) is 39.7 Å². The lowest BCUT2D eigenvalue weighted by Gasteiger charge is -2.44. The summed E-state index contributed by atoms with van der Waals surface area (Å²) >= 11 is 3.34. The second-order valence-corrected chi connectivity index (χ2v) is 7.85. The minimum absolute atomic E-state index is 0.254. The molecule has 1 saturated heterocycles. The van der Waals surface area contributed by atoms with Gasteiger partial charge in [-0.3, -0.25) is 4.79 Å². The minimum Gasteiger partial charge on any atom is -0.481 e. The van der Waals surface area contributed by atoms with Gasteiger partial charge in [-0.05, 0) is 18.6 Å². The predicted molar refractivity (Wildman–Crippen MR) is 101 cm³/mol. The van der Waals surface area contributed by atoms with E-state index in [1.807, 2.05) is 6.07 Å². The summed E-state index contributed by atoms with van der Waals surface area (Å²) in [5.74, 6) is -6.31. The monoisotopic (exact) mass is 452 g/mol. The molecule has 28 heavy (non-hydrogen) atoms. The van der Waals surface area contributed by atoms with Crippen molar-refractivity contribution in [3.05, 3.63) is 59.9 Å². The Labute approximate surface area is 169 Å². The lowest BCUT2D eigenvalue weighted by Crippen LogP contribution is -2.55. The van der Waals surface area contributed by atoms with Gasteiger partial charge in [-0.2, -0.15) is 0 Å². The Bertz CT molecular complexity index is 888. The summed E-state index contributed by atoms with van der Waals surface area (Å²) in [4.78, 5) is 22.3. The number of alkyl halides is 1. The van der Waals surface area contributed by atoms with Crippen LogP contribution in [0.2, 0.25) is 0 Å². The second-order valence-electron chi connectivity index (χ2n) is 6.48. The normalized spacial score (nSPS) is 25.8. The molecule has 0 spiro atoms. The van der Waals surface area contributed by atoms with Crippen molar-refractivity contribution in [3.63, 3.8) is 0 Å². The van der Waals surface area contributed by atoms with Crippen molar-refractivity contribution in [1.29, 1.82) is 0 Å². The third kappa shape index (κ3) is 3.67. The minimum atomic E-state index is -1.65. The Morgan fingerprint density at radius 2 is 1.86 bits per heavy atom. The number of halogens is 2. The SMILES string of the molecule is C[C@H](Br)C1(c2ccc(-c3ccccc3)c(F)c2)OC[C@@H](C(=O)O)[C@H](C(=O)O)O1. The Morgan fingerprint density at radius 1 is 1.18 bits per heavy atom. The highest BCUT2D eigenvalue weighted by Gasteiger charge is 2.52. The number of hydrogen-bond donors (Lipinski definition) is 2. The maximum absolute atomic E-state index is 14.8. The van der Waals surface area contributed by atoms with Crippen LogP contribution in [0, 0.1) is 11.7 Å². The van der Waals surface area contributed by atoms with Crippen LogP contribution < -0.4 is 0 Å². The van der Waals surface area contributed by atoms with E-state index in [0.717, 1.165) is 0 Å². The zero-order valence-electron chi connectivity index (χ0n) is 14.8. The predicted octanol–water partition coefficient (Wildman–Crippen LogP) is 3.63. The third-order valence-electron chi connectivity index (χ3n) is 4.69. The van der Waals surface area contributed by atoms with Crippen LogP contribution in [0.25, 0.3) is 11.1 Å². The van der Waals surface area contributed by atoms with Gasteiger partial charge in [0.05, 0.1) is 11.4 Å². The van der Waals surface area contributed by atoms with Gasteiger partial charge < -0.3 is 19.7 Å². The summed E-state index contributed by atoms with van der Waals surface area (Å²) in [6.45, 7) is 1.27. The van der Waals surface area contributed by atoms with Crippen molar-refractivity contribution in [3.8, 4) is 11.1 Å². The fourth-order valence-corrected chi connectivity index (χ4v) is 3.71. The fourth-order valence-electron chi connectivity index (χ4n) is 3.20. The Kier molecular flexibility index (Phi) is 5.83. The average Bonchev–Trinajstić information content (AvgIpc) is 2.67. The van der Waals surface area contributed by atoms with E-state index >= 15 is 0 Å². The number of carbonyl (C=O) groups is 2. The molecule has 2 N–H and O–H groups in total. The van der Waals surface area contributed by atoms with E-state index in [4.69, 9.17) is 9.47 Å². The van der Waals surface area contributed by atoms with E-state index < -0.39 is 40.4 Å². The van der Waals surface area contributed by atoms with Crippen LogP contribution in [0.5, 0.6) is 0 Å². The zero-order valence-corrected chi connectivity index (χ0v) is 16.4. The van der Waals surface area contributed by atoms with Gasteiger partial charge in [0.15, 0.2) is 6.10 Å². The first-order chi connectivity index (χ1) is 13.3. The molecule has 1 unspecified atom stereocenters. The molecular weight excluding hydrogens is 435 g/mol. The van der Waals surface area contributed by atoms with Crippen LogP contribution in [-0.2, 0) is 24.8 Å². The number of carboxylic acid groups (broad SMARTS) is 2. The van der Waals surface area contributed by atoms with Gasteiger partial charge in [-0.25, -0.2) is 9.18 Å². The molecule has 0 aliphatic carbocycles. The van der Waals surface area contributed by atoms with Gasteiger partial charge in [-0.1, -0.05) is 58.4 Å². The third-order valence-corrected chi connectivity index (χ3v) is 5.29. The van der Waals surface area contributed by atoms with Crippen molar-refractivity contribution < 1.29 is 33.7 Å². The second kappa shape index (κ2) is 7.98. The molecular formula is C20H18BrFO6. The Hall–Kier alpha value is -2.29. The van der Waals surface area contributed by atoms with E-state index in [9.17, 15) is 24.2 Å². The quantitative estimate of drug-likeness (QED) is 0.672. The molecule has 1 heterocycles. The van der Waals surface area contributed by atoms with Crippen molar-refractivity contribution in [1.82, 2.24) is 0 Å². The fraction of sp³-hybridized carbons (Fsp3) is 0.300. The van der Waals surface area contributed by atoms with Crippen molar-refractivity contribution >= 4 is 27.9 Å². The molecule has 0 amide bonds. The first-order valence-electron chi connectivity index (χ1n) is 8.53. The van der Waals surface area contributed by atoms with E-state index in [1.54, 1.807) is 43.3 Å². The maximum atomic E-state index is 14.8. The van der Waals surface area contributed by atoms with Crippen LogP contribution in [0.15, 0.2) is 48.5 Å². The first-order valence-corrected chi connectivity index (χ1v) is 9.44. The van der Waals surface area contributed by atoms with Gasteiger partial charge >= 0.3 is 11.9 Å². The van der Waals surface area contributed by atoms with Gasteiger partial charge in [0.25, 0.3) is 0 Å². The highest BCUT2D eigenvalue weighted by molar-refractivity contribution is 9.09. The molecule has 1 aliphatic heterocycles. The number of carboxylic acids is 2. The number of benzene rings is 2. The van der Waals surface area contributed by atoms with E-state index in [-0.39, 0.29) is 12.2 Å². The summed E-state index contributed by atoms with van der Waals surface area (Å²) in [6.07, 6.45) is -1.64. The molecule has 1 aliphatic rings. The smallest absolute Gasteiger partial charge is 0.333 e. The molecule has 0 aromatic heterocycles. The lowest BCUT2D eigenvalue weighted by molar-refractivity contribution is -0.312. The standard InChI is InChI=1S/C20H18BrFO6/c1-11(21)20(27-10-15(18(23)24)17(28-20)19(25)26)13-7-8-14(16(22)9-13)12-5-3-2-4-6-12/h2-9,11,15,17H,10H2,1H3,(H,23,24)(H,25,26)/t11-,15+,17+,20?/m0/s1. The van der Waals surface area contributed by atoms with Gasteiger partial charge in [-0.15, -0.1) is 0 Å². The zero-order chi connectivity index (χ0) is 20.5. The molecule has 0 saturated carbocycles. The summed E-state index contributed by atoms with van der Waals surface area (Å²) in [6, 6.07) is 13.3. The van der Waals surface area contributed by atoms with Gasteiger partial charge in [0.2, 0.25) is 5.79 Å². The van der Waals surface area contributed by atoms with Crippen molar-refractivity contribution in [2.75, 3.05) is 6.61 Å². The molecule has 2 aromatic rings. The number of hydrogen-bond acceptors (Lipinski definition) is 4. The Balaban J connectivity index is 2.02. The summed E-state index contributed by atoms with van der Waals surface area (Å²) in [5, 5.41) is 18.7. The van der Waals surface area contributed by atoms with Crippen LogP contribution in [0.4, 0.5) is 4.39 Å². The van der Waals surface area contributed by atoms with Crippen LogP contribution in [0.1, 0.15) is 12.5 Å². The van der Waals surface area contributed by atoms with Crippen molar-refractivity contribution in [2.24, 2.45) is 5.92 Å². The molecule has 3 rings (SSSR count). The highest BCUT2D eigenvalue weighted by atomic mass is 79.9. The lowest BCUT2D eigenvalue weighted by atomic mass is 9.94. The number of rotatable bonds is 5. The molecule has 0 radical (unpaired) electrons. The molecule has 8 heteroatoms. The number of aliphatic carboxylic acids is 2. The topological polar surface area (TPSA) is 93.1 Å². The first kappa shape index (κ1) is 20.4. The highest BCUT2D eigenvalue weighted by Crippen LogP contribution is 2.42. The van der Waals surface area contributed by atoms with Gasteiger partial charge in [0.1, 0.15) is 11.7 Å². The molecule has 4 atom stereocenters. The van der Waals surface area contributed by atoms with E-state index in [2.05, 4.69) is 15.9 Å². The average molecular weight is 453 g/mol. The number of ether oxygens (including phenoxy) is 2. The molecule has 148 valence electrons. The molecule has 6 nitrogen and oxygen atoms in total. The molecule has 2 aromatic carbocycles.